The van der Waals surface area contributed by atoms with Crippen molar-refractivity contribution in [2.75, 3.05) is 32.8 Å². The number of imidazole rings is 1. The van der Waals surface area contributed by atoms with Crippen molar-refractivity contribution in [3.05, 3.63) is 110 Å². The number of fused-ring (bicyclic) bond motifs is 2. The lowest BCUT2D eigenvalue weighted by atomic mass is 9.89. The average molecular weight is 680 g/mol. The number of ether oxygens (including phenoxy) is 1. The molecule has 4 aliphatic rings. The normalized spacial score (nSPS) is 22.7. The largest absolute Gasteiger partial charge is 0.379 e. The minimum atomic E-state index is -0.639. The first-order chi connectivity index (χ1) is 24.4. The van der Waals surface area contributed by atoms with Crippen LogP contribution in [0.25, 0.3) is 16.7 Å². The average Bonchev–Trinajstić information content (AvgIpc) is 3.59. The Morgan fingerprint density at radius 1 is 1.04 bits per heavy atom. The van der Waals surface area contributed by atoms with Gasteiger partial charge in [-0.2, -0.15) is 0 Å². The molecule has 1 saturated carbocycles. The fourth-order valence-corrected chi connectivity index (χ4v) is 7.94. The molecule has 2 aliphatic heterocycles. The zero-order valence-corrected chi connectivity index (χ0v) is 28.1. The van der Waals surface area contributed by atoms with Crippen molar-refractivity contribution in [2.45, 2.75) is 75.9 Å². The van der Waals surface area contributed by atoms with E-state index in [1.165, 1.54) is 20.8 Å². The van der Waals surface area contributed by atoms with Crippen LogP contribution in [0.2, 0.25) is 0 Å². The van der Waals surface area contributed by atoms with Crippen LogP contribution in [0.4, 0.5) is 4.39 Å². The molecule has 5 heterocycles. The number of amides is 1. The monoisotopic (exact) mass is 679 g/mol. The van der Waals surface area contributed by atoms with Crippen LogP contribution in [0, 0.1) is 5.82 Å². The SMILES string of the molecule is O=C(N[C@H]1CC[C@@H](n2c(=O)c3cc(F)cnc3n(-c3cccc(C4C=CC(CN5CCOCC5)=CC4)c3)c2=O)CC1)c1cn2c(n1)CCCC2. The Labute approximate surface area is 289 Å². The molecular weight excluding hydrogens is 637 g/mol. The molecule has 0 spiro atoms. The molecule has 1 aromatic carbocycles. The molecule has 2 aliphatic carbocycles. The summed E-state index contributed by atoms with van der Waals surface area (Å²) in [6.07, 6.45) is 15.7. The highest BCUT2D eigenvalue weighted by Crippen LogP contribution is 2.30. The quantitative estimate of drug-likeness (QED) is 0.307. The fraction of sp³-hybridized carbons (Fsp3) is 0.447. The molecule has 50 heavy (non-hydrogen) atoms. The van der Waals surface area contributed by atoms with E-state index in [9.17, 15) is 18.8 Å². The molecule has 0 radical (unpaired) electrons. The third kappa shape index (κ3) is 6.49. The highest BCUT2D eigenvalue weighted by molar-refractivity contribution is 5.92. The number of halogens is 1. The van der Waals surface area contributed by atoms with E-state index < -0.39 is 23.1 Å². The Hall–Kier alpha value is -4.68. The molecule has 1 saturated heterocycles. The maximum Gasteiger partial charge on any atom is 0.337 e. The van der Waals surface area contributed by atoms with E-state index in [2.05, 4.69) is 43.0 Å². The zero-order chi connectivity index (χ0) is 34.2. The van der Waals surface area contributed by atoms with E-state index in [-0.39, 0.29) is 28.9 Å². The first-order valence-corrected chi connectivity index (χ1v) is 17.9. The molecule has 2 fully saturated rings. The predicted octanol–water partition coefficient (Wildman–Crippen LogP) is 4.44. The van der Waals surface area contributed by atoms with Crippen molar-refractivity contribution in [3.8, 4) is 5.69 Å². The van der Waals surface area contributed by atoms with Crippen LogP contribution in [0.5, 0.6) is 0 Å². The smallest absolute Gasteiger partial charge is 0.337 e. The summed E-state index contributed by atoms with van der Waals surface area (Å²) in [4.78, 5) is 52.4. The van der Waals surface area contributed by atoms with Crippen molar-refractivity contribution < 1.29 is 13.9 Å². The van der Waals surface area contributed by atoms with Crippen molar-refractivity contribution in [1.29, 1.82) is 0 Å². The summed E-state index contributed by atoms with van der Waals surface area (Å²) >= 11 is 0. The van der Waals surface area contributed by atoms with Gasteiger partial charge in [-0.05, 0) is 74.3 Å². The highest BCUT2D eigenvalue weighted by atomic mass is 19.1. The highest BCUT2D eigenvalue weighted by Gasteiger charge is 2.29. The number of nitrogens with one attached hydrogen (secondary N) is 1. The Morgan fingerprint density at radius 2 is 1.88 bits per heavy atom. The predicted molar refractivity (Wildman–Crippen MR) is 187 cm³/mol. The Kier molecular flexibility index (Phi) is 9.05. The van der Waals surface area contributed by atoms with Crippen molar-refractivity contribution >= 4 is 16.9 Å². The van der Waals surface area contributed by atoms with Gasteiger partial charge in [0, 0.05) is 56.8 Å². The van der Waals surface area contributed by atoms with E-state index in [1.807, 2.05) is 30.5 Å². The molecular formula is C38H42FN7O4. The summed E-state index contributed by atoms with van der Waals surface area (Å²) in [6, 6.07) is 8.42. The summed E-state index contributed by atoms with van der Waals surface area (Å²) in [7, 11) is 0. The summed E-state index contributed by atoms with van der Waals surface area (Å²) in [5, 5.41) is 3.18. The number of carbonyl (C=O) groups excluding carboxylic acids is 1. The molecule has 1 amide bonds. The number of nitrogens with zero attached hydrogens (tertiary/aromatic N) is 6. The lowest BCUT2D eigenvalue weighted by Crippen LogP contribution is -2.45. The van der Waals surface area contributed by atoms with Crippen LogP contribution in [-0.4, -0.2) is 73.4 Å². The molecule has 3 aromatic heterocycles. The van der Waals surface area contributed by atoms with Crippen LogP contribution < -0.4 is 16.6 Å². The van der Waals surface area contributed by atoms with Gasteiger partial charge in [0.1, 0.15) is 17.3 Å². The molecule has 4 aromatic rings. The maximum atomic E-state index is 14.5. The van der Waals surface area contributed by atoms with Crippen molar-refractivity contribution in [3.63, 3.8) is 0 Å². The van der Waals surface area contributed by atoms with Crippen molar-refractivity contribution in [2.24, 2.45) is 0 Å². The number of rotatable bonds is 7. The second kappa shape index (κ2) is 13.9. The minimum Gasteiger partial charge on any atom is -0.379 e. The second-order valence-corrected chi connectivity index (χ2v) is 14.0. The number of hydrogen-bond acceptors (Lipinski definition) is 7. The number of carbonyl (C=O) groups is 1. The van der Waals surface area contributed by atoms with Gasteiger partial charge in [-0.1, -0.05) is 30.4 Å². The van der Waals surface area contributed by atoms with Crippen molar-refractivity contribution in [1.82, 2.24) is 33.9 Å². The first-order valence-electron chi connectivity index (χ1n) is 17.9. The standard InChI is InChI=1S/C38H42FN7O4/c39-28-21-32-35(40-22-28)45(31-5-3-4-27(20-31)26-9-7-25(8-10-26)23-43-16-18-50-19-17-43)38(49)46(37(32)48)30-13-11-29(12-14-30)41-36(47)33-24-44-15-2-1-6-34(44)42-33/h3-5,7-9,20-22,24,26,29-30H,1-2,6,10-19,23H2,(H,41,47)/t26?,29-,30+. The van der Waals surface area contributed by atoms with Crippen LogP contribution in [0.15, 0.2) is 76.1 Å². The molecule has 12 heteroatoms. The van der Waals surface area contributed by atoms with Gasteiger partial charge in [-0.25, -0.2) is 23.7 Å². The number of hydrogen-bond donors (Lipinski definition) is 1. The molecule has 0 bridgehead atoms. The van der Waals surface area contributed by atoms with Gasteiger partial charge < -0.3 is 14.6 Å². The van der Waals surface area contributed by atoms with Gasteiger partial charge in [0.05, 0.1) is 30.5 Å². The molecule has 260 valence electrons. The van der Waals surface area contributed by atoms with Crippen LogP contribution in [-0.2, 0) is 17.7 Å². The number of aryl methyl sites for hydroxylation is 2. The number of morpholine rings is 1. The number of benzene rings is 1. The molecule has 11 nitrogen and oxygen atoms in total. The Morgan fingerprint density at radius 3 is 2.66 bits per heavy atom. The first kappa shape index (κ1) is 32.5. The van der Waals surface area contributed by atoms with Gasteiger partial charge >= 0.3 is 5.69 Å². The number of pyridine rings is 1. The zero-order valence-electron chi connectivity index (χ0n) is 28.1. The van der Waals surface area contributed by atoms with Gasteiger partial charge in [-0.15, -0.1) is 0 Å². The van der Waals surface area contributed by atoms with Crippen LogP contribution >= 0.6 is 0 Å². The third-order valence-corrected chi connectivity index (χ3v) is 10.7. The second-order valence-electron chi connectivity index (χ2n) is 14.0. The van der Waals surface area contributed by atoms with Gasteiger partial charge in [-0.3, -0.25) is 19.1 Å². The number of allylic oxidation sites excluding steroid dienone is 2. The molecule has 1 unspecified atom stereocenters. The summed E-state index contributed by atoms with van der Waals surface area (Å²) < 4.78 is 24.8. The summed E-state index contributed by atoms with van der Waals surface area (Å²) in [5.41, 5.74) is 2.42. The lowest BCUT2D eigenvalue weighted by molar-refractivity contribution is 0.0425. The van der Waals surface area contributed by atoms with E-state index in [4.69, 9.17) is 4.74 Å². The lowest BCUT2D eigenvalue weighted by Gasteiger charge is -2.30. The van der Waals surface area contributed by atoms with E-state index >= 15 is 0 Å². The minimum absolute atomic E-state index is 0.0578. The number of aromatic nitrogens is 5. The topological polar surface area (TPSA) is 116 Å². The maximum absolute atomic E-state index is 14.5. The van der Waals surface area contributed by atoms with Crippen LogP contribution in [0.1, 0.15) is 78.8 Å². The van der Waals surface area contributed by atoms with E-state index in [0.717, 1.165) is 82.7 Å². The van der Waals surface area contributed by atoms with E-state index in [0.29, 0.717) is 37.1 Å². The Bertz CT molecular complexity index is 2080. The third-order valence-electron chi connectivity index (χ3n) is 10.7. The van der Waals surface area contributed by atoms with Gasteiger partial charge in [0.2, 0.25) is 0 Å². The fourth-order valence-electron chi connectivity index (χ4n) is 7.94. The molecule has 1 N–H and O–H groups in total. The van der Waals surface area contributed by atoms with E-state index in [1.54, 1.807) is 0 Å². The van der Waals surface area contributed by atoms with Gasteiger partial charge in [0.25, 0.3) is 11.5 Å². The molecule has 8 rings (SSSR count). The Balaban J connectivity index is 1.03. The van der Waals surface area contributed by atoms with Gasteiger partial charge in [0.15, 0.2) is 5.65 Å². The summed E-state index contributed by atoms with van der Waals surface area (Å²) in [5.74, 6) is 0.243. The molecule has 1 atom stereocenters. The van der Waals surface area contributed by atoms with Crippen LogP contribution in [0.3, 0.4) is 0 Å². The summed E-state index contributed by atoms with van der Waals surface area (Å²) in [6.45, 7) is 5.19.